The van der Waals surface area contributed by atoms with E-state index in [9.17, 15) is 0 Å². The molecule has 0 spiro atoms. The van der Waals surface area contributed by atoms with Crippen molar-refractivity contribution in [1.29, 1.82) is 0 Å². The molecule has 2 aromatic heterocycles. The fraction of sp³-hybridized carbons (Fsp3) is 0. The highest BCUT2D eigenvalue weighted by Crippen LogP contribution is 2.40. The Balaban J connectivity index is 1.24. The van der Waals surface area contributed by atoms with Crippen LogP contribution in [0.4, 0.5) is 0 Å². The summed E-state index contributed by atoms with van der Waals surface area (Å²) < 4.78 is 6.41. The Morgan fingerprint density at radius 3 is 1.93 bits per heavy atom. The molecular formula is C42H26N2O. The molecular weight excluding hydrogens is 548 g/mol. The van der Waals surface area contributed by atoms with Crippen molar-refractivity contribution >= 4 is 43.5 Å². The van der Waals surface area contributed by atoms with Crippen molar-refractivity contribution < 1.29 is 4.42 Å². The fourth-order valence-electron chi connectivity index (χ4n) is 6.47. The van der Waals surface area contributed by atoms with Gasteiger partial charge in [-0.25, -0.2) is 9.97 Å². The Hall–Kier alpha value is -6.06. The molecule has 210 valence electrons. The molecule has 0 saturated heterocycles. The van der Waals surface area contributed by atoms with Crippen molar-refractivity contribution in [2.24, 2.45) is 0 Å². The van der Waals surface area contributed by atoms with E-state index in [1.165, 1.54) is 27.1 Å². The maximum Gasteiger partial charge on any atom is 0.160 e. The molecule has 3 heteroatoms. The van der Waals surface area contributed by atoms with Crippen molar-refractivity contribution in [3.05, 3.63) is 158 Å². The Morgan fingerprint density at radius 2 is 1.07 bits per heavy atom. The Kier molecular flexibility index (Phi) is 5.82. The van der Waals surface area contributed by atoms with Crippen LogP contribution in [0.3, 0.4) is 0 Å². The van der Waals surface area contributed by atoms with E-state index in [0.717, 1.165) is 55.6 Å². The standard InChI is InChI=1S/C42H26N2O/c1-3-11-28(12-4-1)37-26-38(44-42(43-37)29-13-5-2-6-14-29)35-16-9-17-40-41(35)36-25-31(21-23-39(36)45-40)30-20-22-34-32(24-30)19-18-27-10-7-8-15-33(27)34/h1-26H. The van der Waals surface area contributed by atoms with Gasteiger partial charge in [0.2, 0.25) is 0 Å². The van der Waals surface area contributed by atoms with Crippen molar-refractivity contribution in [3.8, 4) is 45.0 Å². The lowest BCUT2D eigenvalue weighted by molar-refractivity contribution is 0.669. The summed E-state index contributed by atoms with van der Waals surface area (Å²) >= 11 is 0. The summed E-state index contributed by atoms with van der Waals surface area (Å²) in [4.78, 5) is 10.1. The lowest BCUT2D eigenvalue weighted by Crippen LogP contribution is -1.96. The zero-order valence-corrected chi connectivity index (χ0v) is 24.3. The van der Waals surface area contributed by atoms with Crippen LogP contribution in [0.5, 0.6) is 0 Å². The third-order valence-corrected chi connectivity index (χ3v) is 8.68. The minimum absolute atomic E-state index is 0.695. The van der Waals surface area contributed by atoms with E-state index in [0.29, 0.717) is 5.82 Å². The van der Waals surface area contributed by atoms with Crippen molar-refractivity contribution in [2.45, 2.75) is 0 Å². The van der Waals surface area contributed by atoms with E-state index in [-0.39, 0.29) is 0 Å². The highest BCUT2D eigenvalue weighted by molar-refractivity contribution is 6.13. The first-order chi connectivity index (χ1) is 22.3. The van der Waals surface area contributed by atoms with Crippen molar-refractivity contribution in [2.75, 3.05) is 0 Å². The second-order valence-electron chi connectivity index (χ2n) is 11.4. The molecule has 0 radical (unpaired) electrons. The number of furan rings is 1. The van der Waals surface area contributed by atoms with Crippen molar-refractivity contribution in [3.63, 3.8) is 0 Å². The highest BCUT2D eigenvalue weighted by Gasteiger charge is 2.17. The fourth-order valence-corrected chi connectivity index (χ4v) is 6.47. The zero-order valence-electron chi connectivity index (χ0n) is 24.3. The van der Waals surface area contributed by atoms with E-state index in [1.807, 2.05) is 48.5 Å². The number of aromatic nitrogens is 2. The summed E-state index contributed by atoms with van der Waals surface area (Å²) in [6.07, 6.45) is 0. The molecule has 0 N–H and O–H groups in total. The van der Waals surface area contributed by atoms with Gasteiger partial charge >= 0.3 is 0 Å². The number of hydrogen-bond donors (Lipinski definition) is 0. The second kappa shape index (κ2) is 10.3. The minimum atomic E-state index is 0.695. The number of benzene rings is 7. The summed E-state index contributed by atoms with van der Waals surface area (Å²) in [5.74, 6) is 0.695. The van der Waals surface area contributed by atoms with Crippen LogP contribution in [0.1, 0.15) is 0 Å². The largest absolute Gasteiger partial charge is 0.456 e. The van der Waals surface area contributed by atoms with E-state index in [4.69, 9.17) is 14.4 Å². The van der Waals surface area contributed by atoms with Gasteiger partial charge in [0, 0.05) is 27.5 Å². The van der Waals surface area contributed by atoms with E-state index >= 15 is 0 Å². The smallest absolute Gasteiger partial charge is 0.160 e. The van der Waals surface area contributed by atoms with Gasteiger partial charge in [0.05, 0.1) is 11.4 Å². The van der Waals surface area contributed by atoms with Gasteiger partial charge < -0.3 is 4.42 Å². The quantitative estimate of drug-likeness (QED) is 0.196. The van der Waals surface area contributed by atoms with Crippen LogP contribution in [-0.2, 0) is 0 Å². The van der Waals surface area contributed by atoms with Gasteiger partial charge in [0.1, 0.15) is 11.2 Å². The first kappa shape index (κ1) is 25.4. The minimum Gasteiger partial charge on any atom is -0.456 e. The molecule has 9 rings (SSSR count). The molecule has 0 amide bonds. The van der Waals surface area contributed by atoms with E-state index in [2.05, 4.69) is 109 Å². The van der Waals surface area contributed by atoms with Gasteiger partial charge in [-0.15, -0.1) is 0 Å². The molecule has 3 nitrogen and oxygen atoms in total. The predicted octanol–water partition coefficient (Wildman–Crippen LogP) is 11.4. The SMILES string of the molecule is c1ccc(-c2cc(-c3cccc4oc5ccc(-c6ccc7c(ccc8ccccc87)c6)cc5c34)nc(-c3ccccc3)n2)cc1. The van der Waals surface area contributed by atoms with Crippen LogP contribution in [0, 0.1) is 0 Å². The van der Waals surface area contributed by atoms with Crippen LogP contribution < -0.4 is 0 Å². The topological polar surface area (TPSA) is 38.9 Å². The maximum atomic E-state index is 6.41. The second-order valence-corrected chi connectivity index (χ2v) is 11.4. The molecule has 2 heterocycles. The molecule has 45 heavy (non-hydrogen) atoms. The van der Waals surface area contributed by atoms with Crippen molar-refractivity contribution in [1.82, 2.24) is 9.97 Å². The third kappa shape index (κ3) is 4.37. The average molecular weight is 575 g/mol. The highest BCUT2D eigenvalue weighted by atomic mass is 16.3. The normalized spacial score (nSPS) is 11.6. The monoisotopic (exact) mass is 574 g/mol. The van der Waals surface area contributed by atoms with Crippen LogP contribution in [0.15, 0.2) is 162 Å². The molecule has 7 aromatic carbocycles. The molecule has 0 aliphatic rings. The number of fused-ring (bicyclic) bond motifs is 6. The number of hydrogen-bond acceptors (Lipinski definition) is 3. The Labute approximate surface area is 260 Å². The first-order valence-corrected chi connectivity index (χ1v) is 15.2. The predicted molar refractivity (Wildman–Crippen MR) is 186 cm³/mol. The maximum absolute atomic E-state index is 6.41. The van der Waals surface area contributed by atoms with Gasteiger partial charge in [-0.05, 0) is 63.0 Å². The molecule has 0 atom stereocenters. The van der Waals surface area contributed by atoms with Gasteiger partial charge in [0.15, 0.2) is 5.82 Å². The Bertz CT molecular complexity index is 2470. The number of nitrogens with zero attached hydrogens (tertiary/aromatic N) is 2. The summed E-state index contributed by atoms with van der Waals surface area (Å²) in [6, 6.07) is 55.0. The average Bonchev–Trinajstić information content (AvgIpc) is 3.50. The third-order valence-electron chi connectivity index (χ3n) is 8.68. The van der Waals surface area contributed by atoms with Gasteiger partial charge in [0.25, 0.3) is 0 Å². The molecule has 9 aromatic rings. The molecule has 0 saturated carbocycles. The zero-order chi connectivity index (χ0) is 29.7. The summed E-state index contributed by atoms with van der Waals surface area (Å²) in [5.41, 5.74) is 8.80. The lowest BCUT2D eigenvalue weighted by Gasteiger charge is -2.10. The van der Waals surface area contributed by atoms with E-state index < -0.39 is 0 Å². The summed E-state index contributed by atoms with van der Waals surface area (Å²) in [5, 5.41) is 7.15. The van der Waals surface area contributed by atoms with Crippen LogP contribution in [0.25, 0.3) is 88.5 Å². The Morgan fingerprint density at radius 1 is 0.378 bits per heavy atom. The van der Waals surface area contributed by atoms with Gasteiger partial charge in [-0.2, -0.15) is 0 Å². The van der Waals surface area contributed by atoms with Gasteiger partial charge in [-0.3, -0.25) is 0 Å². The van der Waals surface area contributed by atoms with Crippen LogP contribution in [-0.4, -0.2) is 9.97 Å². The molecule has 0 aliphatic heterocycles. The molecule has 0 unspecified atom stereocenters. The van der Waals surface area contributed by atoms with Crippen LogP contribution >= 0.6 is 0 Å². The van der Waals surface area contributed by atoms with E-state index in [1.54, 1.807) is 0 Å². The number of rotatable bonds is 4. The lowest BCUT2D eigenvalue weighted by atomic mass is 9.96. The first-order valence-electron chi connectivity index (χ1n) is 15.2. The summed E-state index contributed by atoms with van der Waals surface area (Å²) in [6.45, 7) is 0. The van der Waals surface area contributed by atoms with Crippen LogP contribution in [0.2, 0.25) is 0 Å². The molecule has 0 aliphatic carbocycles. The summed E-state index contributed by atoms with van der Waals surface area (Å²) in [7, 11) is 0. The molecule has 0 fully saturated rings. The van der Waals surface area contributed by atoms with Gasteiger partial charge in [-0.1, -0.05) is 127 Å². The molecule has 0 bridgehead atoms.